The van der Waals surface area contributed by atoms with E-state index < -0.39 is 0 Å². The second-order valence-corrected chi connectivity index (χ2v) is 7.92. The van der Waals surface area contributed by atoms with E-state index in [1.54, 1.807) is 0 Å². The van der Waals surface area contributed by atoms with E-state index in [9.17, 15) is 5.11 Å². The molecule has 1 heterocycles. The molecule has 2 aromatic carbocycles. The number of anilines is 1. The van der Waals surface area contributed by atoms with Gasteiger partial charge >= 0.3 is 0 Å². The third-order valence-corrected chi connectivity index (χ3v) is 5.40. The van der Waals surface area contributed by atoms with Gasteiger partial charge in [0, 0.05) is 49.0 Å². The molecule has 1 aliphatic rings. The summed E-state index contributed by atoms with van der Waals surface area (Å²) in [5, 5.41) is 10.7. The van der Waals surface area contributed by atoms with Crippen LogP contribution in [0.1, 0.15) is 30.9 Å². The minimum Gasteiger partial charge on any atom is -0.508 e. The summed E-state index contributed by atoms with van der Waals surface area (Å²) in [7, 11) is 0. The molecular formula is C22H30Cl2N2O2. The van der Waals surface area contributed by atoms with Crippen molar-refractivity contribution >= 4 is 29.7 Å². The van der Waals surface area contributed by atoms with E-state index >= 15 is 0 Å². The zero-order valence-corrected chi connectivity index (χ0v) is 18.4. The number of hydrogen-bond acceptors (Lipinski definition) is 4. The lowest BCUT2D eigenvalue weighted by atomic mass is 10.00. The molecule has 4 nitrogen and oxygen atoms in total. The molecule has 1 N–H and O–H groups in total. The quantitative estimate of drug-likeness (QED) is 0.699. The summed E-state index contributed by atoms with van der Waals surface area (Å²) in [5.41, 5.74) is 3.10. The van der Waals surface area contributed by atoms with Crippen molar-refractivity contribution < 1.29 is 9.84 Å². The molecule has 1 saturated heterocycles. The predicted molar refractivity (Wildman–Crippen MR) is 120 cm³/mol. The number of nitrogens with zero attached hydrogens (tertiary/aromatic N) is 2. The van der Waals surface area contributed by atoms with Crippen LogP contribution in [-0.2, 0) is 0 Å². The Morgan fingerprint density at radius 1 is 1.11 bits per heavy atom. The normalized spacial score (nSPS) is 14.8. The molecule has 0 aliphatic carbocycles. The first kappa shape index (κ1) is 22.7. The van der Waals surface area contributed by atoms with Crippen molar-refractivity contribution in [2.24, 2.45) is 0 Å². The van der Waals surface area contributed by atoms with Crippen LogP contribution in [0.25, 0.3) is 0 Å². The monoisotopic (exact) mass is 424 g/mol. The van der Waals surface area contributed by atoms with E-state index in [0.717, 1.165) is 54.6 Å². The third-order valence-electron chi connectivity index (χ3n) is 5.16. The first-order chi connectivity index (χ1) is 12.9. The molecule has 0 amide bonds. The van der Waals surface area contributed by atoms with Crippen LogP contribution < -0.4 is 9.64 Å². The lowest BCUT2D eigenvalue weighted by Crippen LogP contribution is -2.47. The predicted octanol–water partition coefficient (Wildman–Crippen LogP) is 5.10. The number of hydrogen-bond donors (Lipinski definition) is 1. The Bertz CT molecular complexity index is 775. The number of halogens is 2. The second-order valence-electron chi connectivity index (χ2n) is 7.49. The molecule has 6 heteroatoms. The number of ether oxygens (including phenoxy) is 1. The molecule has 1 aliphatic heterocycles. The van der Waals surface area contributed by atoms with E-state index in [1.165, 1.54) is 5.69 Å². The Labute approximate surface area is 179 Å². The zero-order chi connectivity index (χ0) is 19.4. The number of rotatable bonds is 6. The molecule has 0 atom stereocenters. The molecule has 2 aromatic rings. The maximum Gasteiger partial charge on any atom is 0.123 e. The van der Waals surface area contributed by atoms with Crippen LogP contribution in [0.2, 0.25) is 5.02 Å². The highest BCUT2D eigenvalue weighted by Gasteiger charge is 2.18. The number of aryl methyl sites for hydroxylation is 1. The summed E-state index contributed by atoms with van der Waals surface area (Å²) >= 11 is 6.11. The summed E-state index contributed by atoms with van der Waals surface area (Å²) in [6, 6.07) is 11.8. The van der Waals surface area contributed by atoms with Crippen molar-refractivity contribution in [3.63, 3.8) is 0 Å². The molecular weight excluding hydrogens is 395 g/mol. The molecule has 0 aromatic heterocycles. The Balaban J connectivity index is 0.00000280. The van der Waals surface area contributed by atoms with Crippen LogP contribution in [0.4, 0.5) is 5.69 Å². The Morgan fingerprint density at radius 2 is 1.82 bits per heavy atom. The van der Waals surface area contributed by atoms with Crippen molar-refractivity contribution in [2.45, 2.75) is 26.7 Å². The molecule has 0 radical (unpaired) electrons. The van der Waals surface area contributed by atoms with E-state index in [0.29, 0.717) is 18.3 Å². The lowest BCUT2D eigenvalue weighted by Gasteiger charge is -2.36. The van der Waals surface area contributed by atoms with E-state index in [2.05, 4.69) is 29.7 Å². The Morgan fingerprint density at radius 3 is 2.46 bits per heavy atom. The van der Waals surface area contributed by atoms with Crippen LogP contribution in [0, 0.1) is 6.92 Å². The fourth-order valence-corrected chi connectivity index (χ4v) is 3.63. The number of phenolic OH excluding ortho intramolecular Hbond substituents is 1. The summed E-state index contributed by atoms with van der Waals surface area (Å²) in [6.07, 6.45) is 0. The fraction of sp³-hybridized carbons (Fsp3) is 0.455. The smallest absolute Gasteiger partial charge is 0.123 e. The van der Waals surface area contributed by atoms with Gasteiger partial charge in [0.15, 0.2) is 0 Å². The van der Waals surface area contributed by atoms with Crippen LogP contribution in [0.15, 0.2) is 36.4 Å². The SMILES string of the molecule is Cc1cc(OCCN2CCN(c3cccc(Cl)c3)CC2)c(C(C)C)cc1O.Cl. The van der Waals surface area contributed by atoms with Crippen LogP contribution in [0.5, 0.6) is 11.5 Å². The van der Waals surface area contributed by atoms with Crippen molar-refractivity contribution in [1.82, 2.24) is 4.90 Å². The van der Waals surface area contributed by atoms with Gasteiger partial charge in [-0.25, -0.2) is 0 Å². The van der Waals surface area contributed by atoms with Gasteiger partial charge in [-0.05, 0) is 48.7 Å². The molecule has 154 valence electrons. The number of piperazine rings is 1. The molecule has 0 saturated carbocycles. The second kappa shape index (κ2) is 10.2. The molecule has 0 bridgehead atoms. The van der Waals surface area contributed by atoms with Gasteiger partial charge in [-0.15, -0.1) is 12.4 Å². The van der Waals surface area contributed by atoms with Gasteiger partial charge in [-0.2, -0.15) is 0 Å². The molecule has 0 unspecified atom stereocenters. The van der Waals surface area contributed by atoms with Crippen LogP contribution in [-0.4, -0.2) is 49.3 Å². The minimum atomic E-state index is 0. The van der Waals surface area contributed by atoms with Gasteiger partial charge in [-0.1, -0.05) is 31.5 Å². The minimum absolute atomic E-state index is 0. The van der Waals surface area contributed by atoms with Gasteiger partial charge in [0.05, 0.1) is 0 Å². The summed E-state index contributed by atoms with van der Waals surface area (Å²) < 4.78 is 6.08. The van der Waals surface area contributed by atoms with Gasteiger partial charge in [0.2, 0.25) is 0 Å². The standard InChI is InChI=1S/C22H29ClN2O2.ClH/c1-16(2)20-15-21(26)17(3)13-22(20)27-12-11-24-7-9-25(10-8-24)19-6-4-5-18(23)14-19;/h4-6,13-16,26H,7-12H2,1-3H3;1H. The zero-order valence-electron chi connectivity index (χ0n) is 16.8. The average Bonchev–Trinajstić information content (AvgIpc) is 2.64. The summed E-state index contributed by atoms with van der Waals surface area (Å²) in [5.74, 6) is 1.54. The molecule has 28 heavy (non-hydrogen) atoms. The van der Waals surface area contributed by atoms with Crippen molar-refractivity contribution in [1.29, 1.82) is 0 Å². The van der Waals surface area contributed by atoms with E-state index in [1.807, 2.05) is 37.3 Å². The van der Waals surface area contributed by atoms with Gasteiger partial charge in [0.1, 0.15) is 18.1 Å². The molecule has 1 fully saturated rings. The third kappa shape index (κ3) is 5.69. The lowest BCUT2D eigenvalue weighted by molar-refractivity contribution is 0.199. The molecule has 0 spiro atoms. The maximum absolute atomic E-state index is 9.96. The first-order valence-electron chi connectivity index (χ1n) is 9.63. The molecule has 3 rings (SSSR count). The summed E-state index contributed by atoms with van der Waals surface area (Å²) in [4.78, 5) is 4.81. The Kier molecular flexibility index (Phi) is 8.29. The maximum atomic E-state index is 9.96. The average molecular weight is 425 g/mol. The van der Waals surface area contributed by atoms with Crippen molar-refractivity contribution in [3.8, 4) is 11.5 Å². The van der Waals surface area contributed by atoms with Gasteiger partial charge in [0.25, 0.3) is 0 Å². The van der Waals surface area contributed by atoms with Gasteiger partial charge < -0.3 is 14.7 Å². The first-order valence-corrected chi connectivity index (χ1v) is 10.0. The van der Waals surface area contributed by atoms with Crippen LogP contribution in [0.3, 0.4) is 0 Å². The largest absolute Gasteiger partial charge is 0.508 e. The van der Waals surface area contributed by atoms with Crippen molar-refractivity contribution in [2.75, 3.05) is 44.2 Å². The van der Waals surface area contributed by atoms with Crippen molar-refractivity contribution in [3.05, 3.63) is 52.5 Å². The number of aromatic hydroxyl groups is 1. The highest BCUT2D eigenvalue weighted by molar-refractivity contribution is 6.30. The topological polar surface area (TPSA) is 35.9 Å². The van der Waals surface area contributed by atoms with Crippen LogP contribution >= 0.6 is 24.0 Å². The Hall–Kier alpha value is -1.62. The number of benzene rings is 2. The highest BCUT2D eigenvalue weighted by atomic mass is 35.5. The van der Waals surface area contributed by atoms with Gasteiger partial charge in [-0.3, -0.25) is 4.90 Å². The highest BCUT2D eigenvalue weighted by Crippen LogP contribution is 2.32. The fourth-order valence-electron chi connectivity index (χ4n) is 3.45. The van der Waals surface area contributed by atoms with E-state index in [4.69, 9.17) is 16.3 Å². The summed E-state index contributed by atoms with van der Waals surface area (Å²) in [6.45, 7) is 11.7. The van der Waals surface area contributed by atoms with E-state index in [-0.39, 0.29) is 12.4 Å². The number of phenols is 1.